The second-order valence-electron chi connectivity index (χ2n) is 5.35. The van der Waals surface area contributed by atoms with E-state index >= 15 is 0 Å². The summed E-state index contributed by atoms with van der Waals surface area (Å²) in [6.45, 7) is 4.63. The van der Waals surface area contributed by atoms with E-state index in [1.165, 1.54) is 11.3 Å². The van der Waals surface area contributed by atoms with E-state index < -0.39 is 0 Å². The summed E-state index contributed by atoms with van der Waals surface area (Å²) >= 11 is 1.44. The molecule has 0 atom stereocenters. The first-order chi connectivity index (χ1) is 11.2. The smallest absolute Gasteiger partial charge is 0.273 e. The van der Waals surface area contributed by atoms with Crippen LogP contribution in [0.5, 0.6) is 0 Å². The third kappa shape index (κ3) is 2.52. The molecule has 0 radical (unpaired) electrons. The largest absolute Gasteiger partial charge is 0.352 e. The molecule has 3 aromatic heterocycles. The van der Waals surface area contributed by atoms with Gasteiger partial charge in [0.05, 0.1) is 17.9 Å². The highest BCUT2D eigenvalue weighted by Crippen LogP contribution is 2.17. The number of amides is 1. The van der Waals surface area contributed by atoms with E-state index in [1.807, 2.05) is 11.8 Å². The quantitative estimate of drug-likeness (QED) is 0.693. The van der Waals surface area contributed by atoms with Crippen molar-refractivity contribution < 1.29 is 4.79 Å². The van der Waals surface area contributed by atoms with Crippen LogP contribution in [0, 0.1) is 6.92 Å². The Labute approximate surface area is 136 Å². The molecule has 0 aromatic carbocycles. The SMILES string of the molecule is Cc1nc2cncc(N3CCN(C(=O)c4cscn4)CC3)n2n1. The second-order valence-corrected chi connectivity index (χ2v) is 6.07. The highest BCUT2D eigenvalue weighted by atomic mass is 32.1. The number of carbonyl (C=O) groups is 1. The molecule has 9 heteroatoms. The molecule has 8 nitrogen and oxygen atoms in total. The molecule has 0 saturated carbocycles. The lowest BCUT2D eigenvalue weighted by Crippen LogP contribution is -2.49. The van der Waals surface area contributed by atoms with Crippen molar-refractivity contribution in [2.45, 2.75) is 6.92 Å². The van der Waals surface area contributed by atoms with Gasteiger partial charge in [-0.3, -0.25) is 9.78 Å². The molecule has 1 aliphatic rings. The first-order valence-electron chi connectivity index (χ1n) is 7.32. The molecule has 23 heavy (non-hydrogen) atoms. The fourth-order valence-corrected chi connectivity index (χ4v) is 3.27. The Hall–Kier alpha value is -2.55. The maximum Gasteiger partial charge on any atom is 0.273 e. The van der Waals surface area contributed by atoms with Crippen molar-refractivity contribution in [1.29, 1.82) is 0 Å². The summed E-state index contributed by atoms with van der Waals surface area (Å²) in [5.74, 6) is 1.62. The van der Waals surface area contributed by atoms with Crippen molar-refractivity contribution in [1.82, 2.24) is 29.5 Å². The third-order valence-corrected chi connectivity index (χ3v) is 4.46. The van der Waals surface area contributed by atoms with Crippen molar-refractivity contribution in [2.24, 2.45) is 0 Å². The summed E-state index contributed by atoms with van der Waals surface area (Å²) < 4.78 is 1.81. The molecule has 0 aliphatic carbocycles. The third-order valence-electron chi connectivity index (χ3n) is 3.88. The molecule has 1 fully saturated rings. The van der Waals surface area contributed by atoms with E-state index in [2.05, 4.69) is 25.0 Å². The zero-order chi connectivity index (χ0) is 15.8. The monoisotopic (exact) mass is 329 g/mol. The Balaban J connectivity index is 1.52. The average Bonchev–Trinajstić information content (AvgIpc) is 3.22. The minimum absolute atomic E-state index is 0.00108. The van der Waals surface area contributed by atoms with Crippen molar-refractivity contribution in [3.05, 3.63) is 34.8 Å². The van der Waals surface area contributed by atoms with Gasteiger partial charge in [-0.1, -0.05) is 0 Å². The van der Waals surface area contributed by atoms with Gasteiger partial charge in [0, 0.05) is 31.6 Å². The molecule has 3 aromatic rings. The molecule has 4 heterocycles. The average molecular weight is 329 g/mol. The van der Waals surface area contributed by atoms with E-state index in [4.69, 9.17) is 0 Å². The molecule has 1 saturated heterocycles. The highest BCUT2D eigenvalue weighted by Gasteiger charge is 2.24. The summed E-state index contributed by atoms with van der Waals surface area (Å²) in [6.07, 6.45) is 3.49. The molecule has 1 amide bonds. The minimum atomic E-state index is -0.00108. The number of anilines is 1. The van der Waals surface area contributed by atoms with Crippen LogP contribution in [0.15, 0.2) is 23.3 Å². The lowest BCUT2D eigenvalue weighted by Gasteiger charge is -2.35. The van der Waals surface area contributed by atoms with Crippen LogP contribution in [-0.2, 0) is 0 Å². The number of nitrogens with zero attached hydrogens (tertiary/aromatic N) is 7. The predicted octanol–water partition coefficient (Wildman–Crippen LogP) is 0.852. The lowest BCUT2D eigenvalue weighted by atomic mass is 10.3. The number of thiazole rings is 1. The van der Waals surface area contributed by atoms with Gasteiger partial charge < -0.3 is 9.80 Å². The molecule has 118 valence electrons. The second kappa shape index (κ2) is 5.58. The number of piperazine rings is 1. The lowest BCUT2D eigenvalue weighted by molar-refractivity contribution is 0.0741. The summed E-state index contributed by atoms with van der Waals surface area (Å²) in [5, 5.41) is 6.21. The number of fused-ring (bicyclic) bond motifs is 1. The standard InChI is InChI=1S/C14H15N7OS/c1-10-17-12-6-15-7-13(21(12)18-10)19-2-4-20(5-3-19)14(22)11-8-23-9-16-11/h6-9H,2-5H2,1H3. The fourth-order valence-electron chi connectivity index (χ4n) is 2.74. The van der Waals surface area contributed by atoms with E-state index in [-0.39, 0.29) is 5.91 Å². The van der Waals surface area contributed by atoms with Crippen LogP contribution >= 0.6 is 11.3 Å². The molecule has 0 bridgehead atoms. The number of aromatic nitrogens is 5. The van der Waals surface area contributed by atoms with Crippen LogP contribution in [-0.4, -0.2) is 61.6 Å². The van der Waals surface area contributed by atoms with Gasteiger partial charge in [-0.2, -0.15) is 4.52 Å². The van der Waals surface area contributed by atoms with E-state index in [0.29, 0.717) is 18.8 Å². The minimum Gasteiger partial charge on any atom is -0.352 e. The number of hydrogen-bond acceptors (Lipinski definition) is 7. The Kier molecular flexibility index (Phi) is 3.41. The zero-order valence-electron chi connectivity index (χ0n) is 12.6. The Morgan fingerprint density at radius 3 is 2.78 bits per heavy atom. The van der Waals surface area contributed by atoms with E-state index in [0.717, 1.165) is 30.4 Å². The molecule has 0 unspecified atom stereocenters. The summed E-state index contributed by atoms with van der Waals surface area (Å²) in [7, 11) is 0. The normalized spacial score (nSPS) is 15.3. The van der Waals surface area contributed by atoms with Gasteiger partial charge in [-0.15, -0.1) is 16.4 Å². The van der Waals surface area contributed by atoms with Gasteiger partial charge in [0.15, 0.2) is 11.5 Å². The van der Waals surface area contributed by atoms with Gasteiger partial charge in [-0.05, 0) is 6.92 Å². The molecule has 0 N–H and O–H groups in total. The van der Waals surface area contributed by atoms with Gasteiger partial charge in [-0.25, -0.2) is 9.97 Å². The Morgan fingerprint density at radius 1 is 1.22 bits per heavy atom. The van der Waals surface area contributed by atoms with E-state index in [9.17, 15) is 4.79 Å². The van der Waals surface area contributed by atoms with Gasteiger partial charge in [0.1, 0.15) is 11.5 Å². The van der Waals surface area contributed by atoms with Crippen LogP contribution in [0.4, 0.5) is 5.82 Å². The first-order valence-corrected chi connectivity index (χ1v) is 8.26. The van der Waals surface area contributed by atoms with Crippen LogP contribution in [0.2, 0.25) is 0 Å². The van der Waals surface area contributed by atoms with Crippen LogP contribution in [0.1, 0.15) is 16.3 Å². The van der Waals surface area contributed by atoms with Gasteiger partial charge >= 0.3 is 0 Å². The van der Waals surface area contributed by atoms with Crippen LogP contribution < -0.4 is 4.90 Å². The maximum absolute atomic E-state index is 12.3. The molecule has 1 aliphatic heterocycles. The van der Waals surface area contributed by atoms with Crippen molar-refractivity contribution in [2.75, 3.05) is 31.1 Å². The molecule has 0 spiro atoms. The number of rotatable bonds is 2. The first kappa shape index (κ1) is 14.1. The van der Waals surface area contributed by atoms with Gasteiger partial charge in [0.2, 0.25) is 0 Å². The predicted molar refractivity (Wildman–Crippen MR) is 85.7 cm³/mol. The molecular weight excluding hydrogens is 314 g/mol. The number of aryl methyl sites for hydroxylation is 1. The number of hydrogen-bond donors (Lipinski definition) is 0. The number of carbonyl (C=O) groups excluding carboxylic acids is 1. The van der Waals surface area contributed by atoms with E-state index in [1.54, 1.807) is 27.8 Å². The Morgan fingerprint density at radius 2 is 2.04 bits per heavy atom. The summed E-state index contributed by atoms with van der Waals surface area (Å²) in [4.78, 5) is 29.0. The highest BCUT2D eigenvalue weighted by molar-refractivity contribution is 7.07. The van der Waals surface area contributed by atoms with Crippen molar-refractivity contribution in [3.63, 3.8) is 0 Å². The van der Waals surface area contributed by atoms with Crippen molar-refractivity contribution in [3.8, 4) is 0 Å². The molecule has 4 rings (SSSR count). The maximum atomic E-state index is 12.3. The summed E-state index contributed by atoms with van der Waals surface area (Å²) in [5.41, 5.74) is 2.95. The Bertz CT molecular complexity index is 836. The topological polar surface area (TPSA) is 79.5 Å². The van der Waals surface area contributed by atoms with Crippen LogP contribution in [0.3, 0.4) is 0 Å². The zero-order valence-corrected chi connectivity index (χ0v) is 13.4. The van der Waals surface area contributed by atoms with Gasteiger partial charge in [0.25, 0.3) is 5.91 Å². The summed E-state index contributed by atoms with van der Waals surface area (Å²) in [6, 6.07) is 0. The molecular formula is C14H15N7OS. The van der Waals surface area contributed by atoms with Crippen molar-refractivity contribution >= 4 is 28.7 Å². The fraction of sp³-hybridized carbons (Fsp3) is 0.357. The van der Waals surface area contributed by atoms with Crippen LogP contribution in [0.25, 0.3) is 5.65 Å².